The summed E-state index contributed by atoms with van der Waals surface area (Å²) in [4.78, 5) is 22.0. The maximum Gasteiger partial charge on any atom is 0.326 e. The third-order valence-corrected chi connectivity index (χ3v) is 2.08. The zero-order chi connectivity index (χ0) is 13.3. The molecule has 0 saturated carbocycles. The molecule has 0 aliphatic carbocycles. The van der Waals surface area contributed by atoms with Crippen LogP contribution in [0.3, 0.4) is 0 Å². The summed E-state index contributed by atoms with van der Waals surface area (Å²) >= 11 is 0. The van der Waals surface area contributed by atoms with Gasteiger partial charge >= 0.3 is 12.0 Å². The monoisotopic (exact) mass is 248 g/mol. The van der Waals surface area contributed by atoms with Crippen LogP contribution >= 0.6 is 0 Å². The number of aliphatic carboxylic acids is 1. The zero-order valence-corrected chi connectivity index (χ0v) is 10.1. The van der Waals surface area contributed by atoms with Crippen LogP contribution in [0.25, 0.3) is 0 Å². The van der Waals surface area contributed by atoms with Crippen molar-refractivity contribution in [2.45, 2.75) is 19.4 Å². The summed E-state index contributed by atoms with van der Waals surface area (Å²) in [7, 11) is 1.57. The third kappa shape index (κ3) is 7.53. The van der Waals surface area contributed by atoms with Crippen LogP contribution in [0.15, 0.2) is 0 Å². The zero-order valence-electron chi connectivity index (χ0n) is 10.1. The molecule has 7 nitrogen and oxygen atoms in total. The largest absolute Gasteiger partial charge is 0.480 e. The Bertz CT molecular complexity index is 247. The molecule has 0 spiro atoms. The Kier molecular flexibility index (Phi) is 8.08. The highest BCUT2D eigenvalue weighted by Crippen LogP contribution is 1.94. The number of hydrogen-bond acceptors (Lipinski definition) is 4. The fraction of sp³-hybridized carbons (Fsp3) is 0.800. The van der Waals surface area contributed by atoms with Crippen LogP contribution in [-0.2, 0) is 9.53 Å². The van der Waals surface area contributed by atoms with Gasteiger partial charge in [0.2, 0.25) is 0 Å². The van der Waals surface area contributed by atoms with Crippen molar-refractivity contribution in [3.63, 3.8) is 0 Å². The number of urea groups is 1. The second-order valence-corrected chi connectivity index (χ2v) is 3.82. The number of ether oxygens (including phenoxy) is 1. The van der Waals surface area contributed by atoms with Gasteiger partial charge in [0.1, 0.15) is 6.04 Å². The van der Waals surface area contributed by atoms with Gasteiger partial charge in [0.25, 0.3) is 0 Å². The van der Waals surface area contributed by atoms with Crippen molar-refractivity contribution in [3.8, 4) is 0 Å². The van der Waals surface area contributed by atoms with Crippen molar-refractivity contribution >= 4 is 12.0 Å². The van der Waals surface area contributed by atoms with E-state index in [0.29, 0.717) is 13.2 Å². The standard InChI is InChI=1S/C10H20N2O5/c1-7(6-17-2)5-11-10(16)12-8(3-4-13)9(14)15/h7-8,13H,3-6H2,1-2H3,(H,14,15)(H2,11,12,16). The van der Waals surface area contributed by atoms with Gasteiger partial charge in [0, 0.05) is 26.7 Å². The van der Waals surface area contributed by atoms with E-state index < -0.39 is 18.0 Å². The maximum atomic E-state index is 11.3. The van der Waals surface area contributed by atoms with E-state index in [9.17, 15) is 9.59 Å². The van der Waals surface area contributed by atoms with Gasteiger partial charge < -0.3 is 25.6 Å². The molecule has 0 aliphatic heterocycles. The molecule has 0 aromatic rings. The molecule has 2 unspecified atom stereocenters. The maximum absolute atomic E-state index is 11.3. The minimum Gasteiger partial charge on any atom is -0.480 e. The van der Waals surface area contributed by atoms with E-state index >= 15 is 0 Å². The van der Waals surface area contributed by atoms with Crippen LogP contribution in [0, 0.1) is 5.92 Å². The Labute approximate surface area is 100 Å². The lowest BCUT2D eigenvalue weighted by Gasteiger charge is -2.16. The first kappa shape index (κ1) is 15.7. The van der Waals surface area contributed by atoms with Crippen LogP contribution in [-0.4, -0.2) is 55.1 Å². The smallest absolute Gasteiger partial charge is 0.326 e. The number of amides is 2. The van der Waals surface area contributed by atoms with Crippen molar-refractivity contribution in [1.82, 2.24) is 10.6 Å². The molecular weight excluding hydrogens is 228 g/mol. The number of carbonyl (C=O) groups excluding carboxylic acids is 1. The van der Waals surface area contributed by atoms with E-state index in [0.717, 1.165) is 0 Å². The van der Waals surface area contributed by atoms with E-state index in [1.807, 2.05) is 6.92 Å². The Morgan fingerprint density at radius 1 is 1.41 bits per heavy atom. The van der Waals surface area contributed by atoms with Gasteiger partial charge in [-0.05, 0) is 5.92 Å². The highest BCUT2D eigenvalue weighted by atomic mass is 16.5. The first-order chi connectivity index (χ1) is 8.01. The fourth-order valence-corrected chi connectivity index (χ4v) is 1.21. The minimum atomic E-state index is -1.17. The lowest BCUT2D eigenvalue weighted by Crippen LogP contribution is -2.47. The van der Waals surface area contributed by atoms with Gasteiger partial charge in [-0.25, -0.2) is 9.59 Å². The highest BCUT2D eigenvalue weighted by Gasteiger charge is 2.19. The second-order valence-electron chi connectivity index (χ2n) is 3.82. The van der Waals surface area contributed by atoms with E-state index in [-0.39, 0.29) is 18.9 Å². The van der Waals surface area contributed by atoms with Crippen LogP contribution in [0.5, 0.6) is 0 Å². The summed E-state index contributed by atoms with van der Waals surface area (Å²) in [5, 5.41) is 22.2. The Morgan fingerprint density at radius 2 is 2.06 bits per heavy atom. The van der Waals surface area contributed by atoms with Crippen LogP contribution in [0.2, 0.25) is 0 Å². The number of rotatable bonds is 8. The topological polar surface area (TPSA) is 108 Å². The number of carbonyl (C=O) groups is 2. The van der Waals surface area contributed by atoms with Gasteiger partial charge in [0.05, 0.1) is 6.61 Å². The van der Waals surface area contributed by atoms with Crippen LogP contribution in [0.4, 0.5) is 4.79 Å². The van der Waals surface area contributed by atoms with Crippen LogP contribution < -0.4 is 10.6 Å². The number of hydrogen-bond donors (Lipinski definition) is 4. The average Bonchev–Trinajstić information content (AvgIpc) is 2.26. The molecule has 0 radical (unpaired) electrons. The number of carboxylic acids is 1. The molecule has 0 saturated heterocycles. The molecule has 2 amide bonds. The molecule has 0 aromatic heterocycles. The number of nitrogens with one attached hydrogen (secondary N) is 2. The molecular formula is C10H20N2O5. The lowest BCUT2D eigenvalue weighted by molar-refractivity contribution is -0.139. The lowest BCUT2D eigenvalue weighted by atomic mass is 10.2. The van der Waals surface area contributed by atoms with E-state index in [2.05, 4.69) is 10.6 Å². The summed E-state index contributed by atoms with van der Waals surface area (Å²) in [6.07, 6.45) is -0.0175. The number of carboxylic acid groups (broad SMARTS) is 1. The predicted molar refractivity (Wildman–Crippen MR) is 60.7 cm³/mol. The summed E-state index contributed by atoms with van der Waals surface area (Å²) in [5.41, 5.74) is 0. The van der Waals surface area contributed by atoms with Crippen molar-refractivity contribution in [2.24, 2.45) is 5.92 Å². The molecule has 0 aliphatic rings. The molecule has 0 heterocycles. The molecule has 100 valence electrons. The second kappa shape index (κ2) is 8.77. The van der Waals surface area contributed by atoms with E-state index in [1.54, 1.807) is 7.11 Å². The molecule has 7 heteroatoms. The first-order valence-electron chi connectivity index (χ1n) is 5.38. The molecule has 17 heavy (non-hydrogen) atoms. The van der Waals surface area contributed by atoms with Gasteiger partial charge in [-0.15, -0.1) is 0 Å². The summed E-state index contributed by atoms with van der Waals surface area (Å²) in [6, 6.07) is -1.63. The van der Waals surface area contributed by atoms with E-state index in [4.69, 9.17) is 14.9 Å². The van der Waals surface area contributed by atoms with Gasteiger partial charge in [-0.2, -0.15) is 0 Å². The summed E-state index contributed by atoms with van der Waals surface area (Å²) in [5.74, 6) is -1.02. The molecule has 4 N–H and O–H groups in total. The molecule has 0 fully saturated rings. The van der Waals surface area contributed by atoms with Gasteiger partial charge in [0.15, 0.2) is 0 Å². The predicted octanol–water partition coefficient (Wildman–Crippen LogP) is -0.596. The summed E-state index contributed by atoms with van der Waals surface area (Å²) in [6.45, 7) is 2.51. The molecule has 0 aromatic carbocycles. The van der Waals surface area contributed by atoms with Crippen molar-refractivity contribution in [3.05, 3.63) is 0 Å². The average molecular weight is 248 g/mol. The molecule has 0 rings (SSSR count). The SMILES string of the molecule is COCC(C)CNC(=O)NC(CCO)C(=O)O. The normalized spacial score (nSPS) is 13.8. The van der Waals surface area contributed by atoms with Crippen molar-refractivity contribution in [2.75, 3.05) is 26.9 Å². The number of methoxy groups -OCH3 is 1. The minimum absolute atomic E-state index is 0.0175. The number of aliphatic hydroxyl groups is 1. The third-order valence-electron chi connectivity index (χ3n) is 2.08. The van der Waals surface area contributed by atoms with Gasteiger partial charge in [-0.1, -0.05) is 6.92 Å². The quantitative estimate of drug-likeness (QED) is 0.459. The molecule has 0 bridgehead atoms. The fourth-order valence-electron chi connectivity index (χ4n) is 1.21. The first-order valence-corrected chi connectivity index (χ1v) is 5.38. The number of aliphatic hydroxyl groups excluding tert-OH is 1. The van der Waals surface area contributed by atoms with Crippen molar-refractivity contribution in [1.29, 1.82) is 0 Å². The Morgan fingerprint density at radius 3 is 2.53 bits per heavy atom. The Balaban J connectivity index is 3.93. The van der Waals surface area contributed by atoms with Crippen LogP contribution in [0.1, 0.15) is 13.3 Å². The summed E-state index contributed by atoms with van der Waals surface area (Å²) < 4.78 is 4.89. The van der Waals surface area contributed by atoms with Crippen molar-refractivity contribution < 1.29 is 24.5 Å². The van der Waals surface area contributed by atoms with E-state index in [1.165, 1.54) is 0 Å². The molecule has 2 atom stereocenters. The Hall–Kier alpha value is -1.34. The van der Waals surface area contributed by atoms with Gasteiger partial charge in [-0.3, -0.25) is 0 Å². The highest BCUT2D eigenvalue weighted by molar-refractivity contribution is 5.82.